The first kappa shape index (κ1) is 14.8. The molecule has 0 radical (unpaired) electrons. The lowest BCUT2D eigenvalue weighted by atomic mass is 10.0. The molecule has 0 saturated heterocycles. The fourth-order valence-electron chi connectivity index (χ4n) is 1.53. The van der Waals surface area contributed by atoms with Crippen molar-refractivity contribution < 1.29 is 22.3 Å². The van der Waals surface area contributed by atoms with E-state index < -0.39 is 18.4 Å². The molecule has 0 saturated carbocycles. The topological polar surface area (TPSA) is 9.23 Å². The van der Waals surface area contributed by atoms with Gasteiger partial charge < -0.3 is 4.74 Å². The summed E-state index contributed by atoms with van der Waals surface area (Å²) in [5.74, 6) is -0.0679. The summed E-state index contributed by atoms with van der Waals surface area (Å²) in [5.41, 5.74) is 0.567. The fourth-order valence-corrected chi connectivity index (χ4v) is 1.53. The van der Waals surface area contributed by atoms with Gasteiger partial charge in [0.1, 0.15) is 11.6 Å². The SMILES string of the molecule is CC(C)c1ccc(OCCCC(F)(F)F)cc1F. The van der Waals surface area contributed by atoms with E-state index in [0.717, 1.165) is 0 Å². The number of ether oxygens (including phenoxy) is 1. The Balaban J connectivity index is 2.47. The highest BCUT2D eigenvalue weighted by Gasteiger charge is 2.26. The molecule has 0 heterocycles. The standard InChI is InChI=1S/C13H16F4O/c1-9(2)11-5-4-10(8-12(11)14)18-7-3-6-13(15,16)17/h4-5,8-9H,3,6-7H2,1-2H3. The van der Waals surface area contributed by atoms with Gasteiger partial charge in [-0.2, -0.15) is 13.2 Å². The van der Waals surface area contributed by atoms with Crippen molar-refractivity contribution in [1.82, 2.24) is 0 Å². The van der Waals surface area contributed by atoms with Crippen LogP contribution < -0.4 is 4.74 Å². The molecule has 0 spiro atoms. The van der Waals surface area contributed by atoms with Gasteiger partial charge in [-0.05, 0) is 24.0 Å². The van der Waals surface area contributed by atoms with Gasteiger partial charge >= 0.3 is 6.18 Å². The first-order valence-electron chi connectivity index (χ1n) is 5.78. The van der Waals surface area contributed by atoms with E-state index in [1.54, 1.807) is 12.1 Å². The zero-order chi connectivity index (χ0) is 13.8. The van der Waals surface area contributed by atoms with Crippen LogP contribution in [0.5, 0.6) is 5.75 Å². The molecular weight excluding hydrogens is 248 g/mol. The number of rotatable bonds is 5. The molecule has 1 aromatic rings. The number of benzene rings is 1. The maximum atomic E-state index is 13.5. The Labute approximate surface area is 104 Å². The number of alkyl halides is 3. The minimum absolute atomic E-state index is 0.0595. The van der Waals surface area contributed by atoms with Crippen LogP contribution in [0.25, 0.3) is 0 Å². The van der Waals surface area contributed by atoms with Crippen LogP contribution in [-0.4, -0.2) is 12.8 Å². The van der Waals surface area contributed by atoms with Crippen molar-refractivity contribution in [3.8, 4) is 5.75 Å². The van der Waals surface area contributed by atoms with E-state index in [-0.39, 0.29) is 24.7 Å². The molecule has 0 atom stereocenters. The molecule has 0 bridgehead atoms. The molecule has 1 nitrogen and oxygen atoms in total. The highest BCUT2D eigenvalue weighted by atomic mass is 19.4. The normalized spacial score (nSPS) is 11.9. The van der Waals surface area contributed by atoms with Crippen LogP contribution in [0.1, 0.15) is 38.2 Å². The Hall–Kier alpha value is -1.26. The summed E-state index contributed by atoms with van der Waals surface area (Å²) < 4.78 is 54.2. The Kier molecular flexibility index (Phi) is 4.99. The lowest BCUT2D eigenvalue weighted by Crippen LogP contribution is -2.09. The second-order valence-corrected chi connectivity index (χ2v) is 4.41. The maximum absolute atomic E-state index is 13.5. The molecule has 0 aliphatic heterocycles. The van der Waals surface area contributed by atoms with Gasteiger partial charge in [0, 0.05) is 12.5 Å². The van der Waals surface area contributed by atoms with Gasteiger partial charge in [-0.25, -0.2) is 4.39 Å². The van der Waals surface area contributed by atoms with Crippen LogP contribution >= 0.6 is 0 Å². The molecule has 18 heavy (non-hydrogen) atoms. The van der Waals surface area contributed by atoms with Crippen LogP contribution in [0.3, 0.4) is 0 Å². The largest absolute Gasteiger partial charge is 0.493 e. The monoisotopic (exact) mass is 264 g/mol. The molecule has 1 aromatic carbocycles. The van der Waals surface area contributed by atoms with Gasteiger partial charge in [0.25, 0.3) is 0 Å². The number of halogens is 4. The molecule has 102 valence electrons. The average molecular weight is 264 g/mol. The molecule has 0 aromatic heterocycles. The zero-order valence-corrected chi connectivity index (χ0v) is 10.4. The van der Waals surface area contributed by atoms with Crippen molar-refractivity contribution in [1.29, 1.82) is 0 Å². The molecule has 0 aliphatic carbocycles. The van der Waals surface area contributed by atoms with Crippen LogP contribution in [-0.2, 0) is 0 Å². The Bertz CT molecular complexity index is 385. The van der Waals surface area contributed by atoms with Crippen molar-refractivity contribution in [3.63, 3.8) is 0 Å². The van der Waals surface area contributed by atoms with E-state index in [2.05, 4.69) is 0 Å². The second-order valence-electron chi connectivity index (χ2n) is 4.41. The maximum Gasteiger partial charge on any atom is 0.389 e. The third kappa shape index (κ3) is 4.94. The number of hydrogen-bond donors (Lipinski definition) is 0. The summed E-state index contributed by atoms with van der Waals surface area (Å²) >= 11 is 0. The van der Waals surface area contributed by atoms with Crippen molar-refractivity contribution in [2.45, 2.75) is 38.8 Å². The summed E-state index contributed by atoms with van der Waals surface area (Å²) in [6, 6.07) is 4.38. The first-order chi connectivity index (χ1) is 8.29. The Morgan fingerprint density at radius 2 is 1.89 bits per heavy atom. The summed E-state index contributed by atoms with van der Waals surface area (Å²) in [4.78, 5) is 0. The smallest absolute Gasteiger partial charge is 0.389 e. The molecule has 0 fully saturated rings. The molecular formula is C13H16F4O. The van der Waals surface area contributed by atoms with E-state index in [1.165, 1.54) is 6.07 Å². The van der Waals surface area contributed by atoms with E-state index in [4.69, 9.17) is 4.74 Å². The van der Waals surface area contributed by atoms with E-state index in [0.29, 0.717) is 5.56 Å². The summed E-state index contributed by atoms with van der Waals surface area (Å²) in [7, 11) is 0. The van der Waals surface area contributed by atoms with Gasteiger partial charge in [0.15, 0.2) is 0 Å². The van der Waals surface area contributed by atoms with Crippen LogP contribution in [0.4, 0.5) is 17.6 Å². The lowest BCUT2D eigenvalue weighted by molar-refractivity contribution is -0.136. The zero-order valence-electron chi connectivity index (χ0n) is 10.4. The van der Waals surface area contributed by atoms with Crippen molar-refractivity contribution in [2.75, 3.05) is 6.61 Å². The Morgan fingerprint density at radius 1 is 1.22 bits per heavy atom. The van der Waals surface area contributed by atoms with Crippen molar-refractivity contribution >= 4 is 0 Å². The molecule has 1 rings (SSSR count). The highest BCUT2D eigenvalue weighted by Crippen LogP contribution is 2.24. The quantitative estimate of drug-likeness (QED) is 0.554. The molecule has 5 heteroatoms. The van der Waals surface area contributed by atoms with E-state index >= 15 is 0 Å². The third-order valence-electron chi connectivity index (χ3n) is 2.47. The van der Waals surface area contributed by atoms with Gasteiger partial charge in [0.05, 0.1) is 6.61 Å². The van der Waals surface area contributed by atoms with E-state index in [9.17, 15) is 17.6 Å². The highest BCUT2D eigenvalue weighted by molar-refractivity contribution is 5.30. The van der Waals surface area contributed by atoms with Gasteiger partial charge in [-0.3, -0.25) is 0 Å². The van der Waals surface area contributed by atoms with Crippen LogP contribution in [0.2, 0.25) is 0 Å². The molecule has 0 amide bonds. The predicted molar refractivity (Wildman–Crippen MR) is 61.3 cm³/mol. The minimum Gasteiger partial charge on any atom is -0.493 e. The molecule has 0 N–H and O–H groups in total. The molecule has 0 unspecified atom stereocenters. The fraction of sp³-hybridized carbons (Fsp3) is 0.538. The predicted octanol–water partition coefficient (Wildman–Crippen LogP) is 4.67. The van der Waals surface area contributed by atoms with Crippen molar-refractivity contribution in [2.24, 2.45) is 0 Å². The first-order valence-corrected chi connectivity index (χ1v) is 5.78. The lowest BCUT2D eigenvalue weighted by Gasteiger charge is -2.11. The van der Waals surface area contributed by atoms with Crippen LogP contribution in [0.15, 0.2) is 18.2 Å². The average Bonchev–Trinajstić information content (AvgIpc) is 2.22. The minimum atomic E-state index is -4.17. The van der Waals surface area contributed by atoms with Crippen LogP contribution in [0, 0.1) is 5.82 Å². The third-order valence-corrected chi connectivity index (χ3v) is 2.47. The van der Waals surface area contributed by atoms with Gasteiger partial charge in [-0.1, -0.05) is 19.9 Å². The Morgan fingerprint density at radius 3 is 2.39 bits per heavy atom. The summed E-state index contributed by atoms with van der Waals surface area (Å²) in [6.07, 6.45) is -5.19. The number of hydrogen-bond acceptors (Lipinski definition) is 1. The second kappa shape index (κ2) is 6.07. The van der Waals surface area contributed by atoms with Crippen molar-refractivity contribution in [3.05, 3.63) is 29.6 Å². The summed E-state index contributed by atoms with van der Waals surface area (Å²) in [5, 5.41) is 0. The molecule has 0 aliphatic rings. The summed E-state index contributed by atoms with van der Waals surface area (Å²) in [6.45, 7) is 3.66. The van der Waals surface area contributed by atoms with Gasteiger partial charge in [0.2, 0.25) is 0 Å². The van der Waals surface area contributed by atoms with Gasteiger partial charge in [-0.15, -0.1) is 0 Å². The van der Waals surface area contributed by atoms with E-state index in [1.807, 2.05) is 13.8 Å².